The van der Waals surface area contributed by atoms with Gasteiger partial charge < -0.3 is 10.2 Å². The van der Waals surface area contributed by atoms with Gasteiger partial charge in [-0.15, -0.1) is 11.3 Å². The van der Waals surface area contributed by atoms with Crippen LogP contribution in [0.25, 0.3) is 21.1 Å². The van der Waals surface area contributed by atoms with Crippen molar-refractivity contribution in [2.75, 3.05) is 0 Å². The lowest BCUT2D eigenvalue weighted by molar-refractivity contribution is 0.162. The third-order valence-electron chi connectivity index (χ3n) is 3.85. The first kappa shape index (κ1) is 16.8. The normalized spacial score (nSPS) is 12.0. The van der Waals surface area contributed by atoms with E-state index in [-0.39, 0.29) is 30.4 Å². The fraction of sp³-hybridized carbons (Fsp3) is 0. The summed E-state index contributed by atoms with van der Waals surface area (Å²) < 4.78 is 26.7. The first-order chi connectivity index (χ1) is 12.3. The molecule has 2 aromatic heterocycles. The molecule has 0 aliphatic carbocycles. The van der Waals surface area contributed by atoms with Crippen molar-refractivity contribution < 1.29 is 13.6 Å². The fourth-order valence-corrected chi connectivity index (χ4v) is 5.08. The number of rotatable bonds is 2. The van der Waals surface area contributed by atoms with Gasteiger partial charge in [-0.05, 0) is 30.3 Å². The van der Waals surface area contributed by atoms with Crippen molar-refractivity contribution in [2.24, 2.45) is 0 Å². The van der Waals surface area contributed by atoms with Crippen LogP contribution >= 0.6 is 22.9 Å². The highest BCUT2D eigenvalue weighted by Crippen LogP contribution is 2.31. The SMILES string of the molecule is O=c1[nH]c2c(S(=O)(=O)c3ccc4ncsc4c3)ccc(Cl)c2c(=O)n1O. The molecule has 8 nitrogen and oxygen atoms in total. The molecule has 0 radical (unpaired) electrons. The summed E-state index contributed by atoms with van der Waals surface area (Å²) in [5.74, 6) is 0. The van der Waals surface area contributed by atoms with Gasteiger partial charge in [0.25, 0.3) is 5.56 Å². The van der Waals surface area contributed by atoms with E-state index in [2.05, 4.69) is 9.97 Å². The zero-order chi connectivity index (χ0) is 18.6. The summed E-state index contributed by atoms with van der Waals surface area (Å²) in [6.07, 6.45) is 0. The van der Waals surface area contributed by atoms with Gasteiger partial charge in [-0.1, -0.05) is 16.3 Å². The van der Waals surface area contributed by atoms with E-state index in [4.69, 9.17) is 11.6 Å². The van der Waals surface area contributed by atoms with Crippen molar-refractivity contribution in [3.63, 3.8) is 0 Å². The summed E-state index contributed by atoms with van der Waals surface area (Å²) in [6, 6.07) is 6.85. The summed E-state index contributed by atoms with van der Waals surface area (Å²) in [4.78, 5) is 29.8. The predicted molar refractivity (Wildman–Crippen MR) is 96.1 cm³/mol. The lowest BCUT2D eigenvalue weighted by atomic mass is 10.2. The third-order valence-corrected chi connectivity index (χ3v) is 6.75. The van der Waals surface area contributed by atoms with Gasteiger partial charge in [-0.25, -0.2) is 18.2 Å². The quantitative estimate of drug-likeness (QED) is 0.488. The van der Waals surface area contributed by atoms with Crippen LogP contribution in [0.5, 0.6) is 0 Å². The number of hydrogen-bond acceptors (Lipinski definition) is 7. The van der Waals surface area contributed by atoms with E-state index >= 15 is 0 Å². The monoisotopic (exact) mass is 409 g/mol. The topological polar surface area (TPSA) is 122 Å². The van der Waals surface area contributed by atoms with Crippen LogP contribution in [-0.2, 0) is 9.84 Å². The number of benzene rings is 2. The molecule has 0 aliphatic heterocycles. The molecule has 0 unspecified atom stereocenters. The molecule has 0 amide bonds. The molecule has 2 aromatic carbocycles. The van der Waals surface area contributed by atoms with Gasteiger partial charge in [-0.3, -0.25) is 4.79 Å². The van der Waals surface area contributed by atoms with Gasteiger partial charge >= 0.3 is 5.69 Å². The van der Waals surface area contributed by atoms with Crippen LogP contribution < -0.4 is 11.2 Å². The number of nitrogens with zero attached hydrogens (tertiary/aromatic N) is 2. The smallest absolute Gasteiger partial charge is 0.362 e. The van der Waals surface area contributed by atoms with E-state index < -0.39 is 21.1 Å². The zero-order valence-electron chi connectivity index (χ0n) is 12.6. The molecule has 0 saturated carbocycles. The summed E-state index contributed by atoms with van der Waals surface area (Å²) in [5.41, 5.74) is -0.281. The highest BCUT2D eigenvalue weighted by Gasteiger charge is 2.24. The second-order valence-electron chi connectivity index (χ2n) is 5.33. The number of aromatic nitrogens is 3. The Morgan fingerprint density at radius 2 is 1.96 bits per heavy atom. The molecule has 2 N–H and O–H groups in total. The van der Waals surface area contributed by atoms with E-state index in [0.29, 0.717) is 10.2 Å². The fourth-order valence-electron chi connectivity index (χ4n) is 2.60. The van der Waals surface area contributed by atoms with Gasteiger partial charge in [0.2, 0.25) is 9.84 Å². The number of thiazole rings is 1. The molecule has 2 heterocycles. The molecule has 0 atom stereocenters. The highest BCUT2D eigenvalue weighted by molar-refractivity contribution is 7.91. The predicted octanol–water partition coefficient (Wildman–Crippen LogP) is 2.02. The van der Waals surface area contributed by atoms with Gasteiger partial charge in [0, 0.05) is 0 Å². The van der Waals surface area contributed by atoms with Crippen LogP contribution in [0.4, 0.5) is 0 Å². The van der Waals surface area contributed by atoms with Crippen molar-refractivity contribution in [3.8, 4) is 0 Å². The molecule has 132 valence electrons. The van der Waals surface area contributed by atoms with E-state index in [1.165, 1.54) is 35.6 Å². The molecule has 0 aliphatic rings. The zero-order valence-corrected chi connectivity index (χ0v) is 15.0. The minimum Gasteiger partial charge on any atom is -0.421 e. The van der Waals surface area contributed by atoms with Crippen LogP contribution in [0, 0.1) is 0 Å². The summed E-state index contributed by atoms with van der Waals surface area (Å²) in [5, 5.41) is 9.09. The Bertz CT molecular complexity index is 1420. The Labute approximate surface area is 153 Å². The Balaban J connectivity index is 2.09. The molecule has 0 saturated heterocycles. The van der Waals surface area contributed by atoms with Gasteiger partial charge in [0.1, 0.15) is 0 Å². The first-order valence-electron chi connectivity index (χ1n) is 7.06. The van der Waals surface area contributed by atoms with Crippen LogP contribution in [0.15, 0.2) is 55.2 Å². The lowest BCUT2D eigenvalue weighted by Gasteiger charge is -2.09. The molecule has 26 heavy (non-hydrogen) atoms. The molecule has 0 fully saturated rings. The lowest BCUT2D eigenvalue weighted by Crippen LogP contribution is -2.33. The number of halogens is 1. The van der Waals surface area contributed by atoms with Crippen LogP contribution in [0.1, 0.15) is 0 Å². The van der Waals surface area contributed by atoms with Gasteiger partial charge in [-0.2, -0.15) is 0 Å². The molecule has 11 heteroatoms. The Morgan fingerprint density at radius 3 is 2.73 bits per heavy atom. The van der Waals surface area contributed by atoms with E-state index in [0.717, 1.165) is 0 Å². The van der Waals surface area contributed by atoms with Crippen molar-refractivity contribution in [2.45, 2.75) is 9.79 Å². The van der Waals surface area contributed by atoms with Crippen LogP contribution in [0.2, 0.25) is 5.02 Å². The maximum absolute atomic E-state index is 13.1. The molecular formula is C15H8ClN3O5S2. The molecule has 4 aromatic rings. The summed E-state index contributed by atoms with van der Waals surface area (Å²) in [7, 11) is -4.08. The average molecular weight is 410 g/mol. The van der Waals surface area contributed by atoms with Crippen molar-refractivity contribution in [1.29, 1.82) is 0 Å². The van der Waals surface area contributed by atoms with Gasteiger partial charge in [0.05, 0.1) is 41.4 Å². The number of H-pyrrole nitrogens is 1. The van der Waals surface area contributed by atoms with Crippen molar-refractivity contribution in [1.82, 2.24) is 14.7 Å². The maximum Gasteiger partial charge on any atom is 0.362 e. The highest BCUT2D eigenvalue weighted by atomic mass is 35.5. The minimum atomic E-state index is -4.08. The largest absolute Gasteiger partial charge is 0.421 e. The van der Waals surface area contributed by atoms with Crippen LogP contribution in [0.3, 0.4) is 0 Å². The standard InChI is InChI=1S/C15H8ClN3O5S2/c16-8-2-4-11(13-12(8)14(20)19(22)15(21)18-13)26(23,24)7-1-3-9-10(5-7)25-6-17-9/h1-6,22H,(H,18,21). The Kier molecular flexibility index (Phi) is 3.65. The molecular weight excluding hydrogens is 402 g/mol. The number of hydrogen-bond donors (Lipinski definition) is 2. The number of sulfone groups is 1. The second kappa shape index (κ2) is 5.66. The number of aromatic amines is 1. The van der Waals surface area contributed by atoms with Crippen molar-refractivity contribution >= 4 is 53.9 Å². The second-order valence-corrected chi connectivity index (χ2v) is 8.54. The first-order valence-corrected chi connectivity index (χ1v) is 9.80. The summed E-state index contributed by atoms with van der Waals surface area (Å²) in [6.45, 7) is 0. The van der Waals surface area contributed by atoms with Crippen molar-refractivity contribution in [3.05, 3.63) is 61.7 Å². The maximum atomic E-state index is 13.1. The average Bonchev–Trinajstić information content (AvgIpc) is 3.07. The Morgan fingerprint density at radius 1 is 1.19 bits per heavy atom. The Hall–Kier alpha value is -2.69. The minimum absolute atomic E-state index is 0.0214. The third kappa shape index (κ3) is 2.34. The van der Waals surface area contributed by atoms with E-state index in [1.54, 1.807) is 11.6 Å². The van der Waals surface area contributed by atoms with Gasteiger partial charge in [0.15, 0.2) is 0 Å². The van der Waals surface area contributed by atoms with E-state index in [9.17, 15) is 23.2 Å². The molecule has 0 bridgehead atoms. The molecule has 4 rings (SSSR count). The van der Waals surface area contributed by atoms with E-state index in [1.807, 2.05) is 0 Å². The summed E-state index contributed by atoms with van der Waals surface area (Å²) >= 11 is 7.26. The number of fused-ring (bicyclic) bond motifs is 2. The van der Waals surface area contributed by atoms with Crippen LogP contribution in [-0.4, -0.2) is 28.3 Å². The molecule has 0 spiro atoms. The number of nitrogens with one attached hydrogen (secondary N) is 1.